The average Bonchev–Trinajstić information content (AvgIpc) is 2.73. The van der Waals surface area contributed by atoms with Crippen molar-refractivity contribution in [2.45, 2.75) is 0 Å². The number of esters is 1. The summed E-state index contributed by atoms with van der Waals surface area (Å²) in [6.45, 7) is 0. The van der Waals surface area contributed by atoms with Crippen LogP contribution in [0.15, 0.2) is 30.6 Å². The third-order valence-corrected chi connectivity index (χ3v) is 2.40. The van der Waals surface area contributed by atoms with Gasteiger partial charge in [0.1, 0.15) is 11.6 Å². The molecule has 0 radical (unpaired) electrons. The second-order valence-electron chi connectivity index (χ2n) is 3.58. The fourth-order valence-corrected chi connectivity index (χ4v) is 1.60. The monoisotopic (exact) mass is 234 g/mol. The molecule has 1 heterocycles. The fraction of sp³-hybridized carbons (Fsp3) is 0.167. The number of nitrogens with zero attached hydrogens (tertiary/aromatic N) is 2. The number of ether oxygens (including phenoxy) is 1. The molecular formula is C12H11FN2O2. The van der Waals surface area contributed by atoms with Crippen LogP contribution < -0.4 is 0 Å². The molecular weight excluding hydrogens is 223 g/mol. The topological polar surface area (TPSA) is 44.1 Å². The van der Waals surface area contributed by atoms with Crippen LogP contribution in [0.25, 0.3) is 11.4 Å². The molecule has 0 unspecified atom stereocenters. The quantitative estimate of drug-likeness (QED) is 0.746. The van der Waals surface area contributed by atoms with Gasteiger partial charge in [0.15, 0.2) is 0 Å². The van der Waals surface area contributed by atoms with E-state index in [-0.39, 0.29) is 5.56 Å². The van der Waals surface area contributed by atoms with E-state index in [0.717, 1.165) is 6.07 Å². The Hall–Kier alpha value is -2.17. The summed E-state index contributed by atoms with van der Waals surface area (Å²) >= 11 is 0. The number of halogens is 1. The first-order valence-corrected chi connectivity index (χ1v) is 4.98. The van der Waals surface area contributed by atoms with E-state index < -0.39 is 11.8 Å². The molecule has 2 aromatic rings. The van der Waals surface area contributed by atoms with Crippen LogP contribution in [0.4, 0.5) is 4.39 Å². The molecule has 1 aromatic heterocycles. The lowest BCUT2D eigenvalue weighted by Gasteiger charge is -2.05. The summed E-state index contributed by atoms with van der Waals surface area (Å²) in [6.07, 6.45) is 3.36. The highest BCUT2D eigenvalue weighted by Gasteiger charge is 2.12. The largest absolute Gasteiger partial charge is 0.465 e. The Balaban J connectivity index is 2.53. The molecule has 4 nitrogen and oxygen atoms in total. The predicted molar refractivity (Wildman–Crippen MR) is 59.9 cm³/mol. The predicted octanol–water partition coefficient (Wildman–Crippen LogP) is 2.01. The normalized spacial score (nSPS) is 10.3. The van der Waals surface area contributed by atoms with Gasteiger partial charge >= 0.3 is 5.97 Å². The lowest BCUT2D eigenvalue weighted by Crippen LogP contribution is -2.03. The molecule has 0 atom stereocenters. The number of imidazole rings is 1. The molecule has 0 aliphatic rings. The van der Waals surface area contributed by atoms with Crippen LogP contribution in [0.2, 0.25) is 0 Å². The second-order valence-corrected chi connectivity index (χ2v) is 3.58. The third kappa shape index (κ3) is 2.18. The Bertz CT molecular complexity index is 563. The highest BCUT2D eigenvalue weighted by molar-refractivity contribution is 5.90. The minimum absolute atomic E-state index is 0.172. The van der Waals surface area contributed by atoms with Crippen LogP contribution in [0.5, 0.6) is 0 Å². The van der Waals surface area contributed by atoms with E-state index in [1.165, 1.54) is 13.2 Å². The van der Waals surface area contributed by atoms with Gasteiger partial charge in [0.2, 0.25) is 0 Å². The lowest BCUT2D eigenvalue weighted by molar-refractivity contribution is 0.0600. The number of benzene rings is 1. The maximum Gasteiger partial charge on any atom is 0.337 e. The van der Waals surface area contributed by atoms with Gasteiger partial charge in [-0.3, -0.25) is 0 Å². The van der Waals surface area contributed by atoms with Crippen molar-refractivity contribution in [2.24, 2.45) is 7.05 Å². The molecule has 88 valence electrons. The number of carbonyl (C=O) groups is 1. The van der Waals surface area contributed by atoms with E-state index in [4.69, 9.17) is 0 Å². The van der Waals surface area contributed by atoms with Crippen molar-refractivity contribution in [3.63, 3.8) is 0 Å². The van der Waals surface area contributed by atoms with Gasteiger partial charge in [0.25, 0.3) is 0 Å². The van der Waals surface area contributed by atoms with Crippen LogP contribution in [0.1, 0.15) is 10.4 Å². The van der Waals surface area contributed by atoms with Crippen molar-refractivity contribution in [1.82, 2.24) is 9.55 Å². The van der Waals surface area contributed by atoms with Gasteiger partial charge in [-0.05, 0) is 18.2 Å². The Kier molecular flexibility index (Phi) is 2.91. The Morgan fingerprint density at radius 2 is 2.18 bits per heavy atom. The molecule has 5 heteroatoms. The summed E-state index contributed by atoms with van der Waals surface area (Å²) in [5, 5.41) is 0. The minimum atomic E-state index is -0.569. The number of hydrogen-bond acceptors (Lipinski definition) is 3. The molecule has 0 bridgehead atoms. The first kappa shape index (κ1) is 11.3. The molecule has 0 aliphatic heterocycles. The molecule has 0 aliphatic carbocycles. The number of aromatic nitrogens is 2. The number of hydrogen-bond donors (Lipinski definition) is 0. The third-order valence-electron chi connectivity index (χ3n) is 2.40. The highest BCUT2D eigenvalue weighted by Crippen LogP contribution is 2.20. The number of rotatable bonds is 2. The van der Waals surface area contributed by atoms with Crippen molar-refractivity contribution in [3.05, 3.63) is 42.0 Å². The molecule has 0 spiro atoms. The van der Waals surface area contributed by atoms with Crippen molar-refractivity contribution < 1.29 is 13.9 Å². The van der Waals surface area contributed by atoms with Gasteiger partial charge in [-0.25, -0.2) is 14.2 Å². The molecule has 17 heavy (non-hydrogen) atoms. The summed E-state index contributed by atoms with van der Waals surface area (Å²) in [4.78, 5) is 15.5. The highest BCUT2D eigenvalue weighted by atomic mass is 19.1. The van der Waals surface area contributed by atoms with Crippen LogP contribution in [0.3, 0.4) is 0 Å². The van der Waals surface area contributed by atoms with Crippen LogP contribution in [-0.2, 0) is 11.8 Å². The molecule has 0 saturated heterocycles. The van der Waals surface area contributed by atoms with E-state index in [9.17, 15) is 9.18 Å². The number of methoxy groups -OCH3 is 1. The van der Waals surface area contributed by atoms with Crippen LogP contribution in [0, 0.1) is 5.82 Å². The average molecular weight is 234 g/mol. The molecule has 0 N–H and O–H groups in total. The molecule has 0 saturated carbocycles. The SMILES string of the molecule is COC(=O)c1cc(F)cc(-c2nccn2C)c1. The van der Waals surface area contributed by atoms with E-state index in [1.807, 2.05) is 0 Å². The second kappa shape index (κ2) is 4.37. The van der Waals surface area contributed by atoms with Gasteiger partial charge < -0.3 is 9.30 Å². The summed E-state index contributed by atoms with van der Waals surface area (Å²) in [6, 6.07) is 4.02. The molecule has 1 aromatic carbocycles. The summed E-state index contributed by atoms with van der Waals surface area (Å²) in [5.41, 5.74) is 0.711. The maximum absolute atomic E-state index is 13.4. The molecule has 2 rings (SSSR count). The Morgan fingerprint density at radius 3 is 2.76 bits per heavy atom. The first-order valence-electron chi connectivity index (χ1n) is 4.98. The van der Waals surface area contributed by atoms with E-state index in [0.29, 0.717) is 11.4 Å². The lowest BCUT2D eigenvalue weighted by atomic mass is 10.1. The summed E-state index contributed by atoms with van der Waals surface area (Å²) < 4.78 is 19.7. The van der Waals surface area contributed by atoms with E-state index in [2.05, 4.69) is 9.72 Å². The fourth-order valence-electron chi connectivity index (χ4n) is 1.60. The first-order chi connectivity index (χ1) is 8.11. The van der Waals surface area contributed by atoms with Gasteiger partial charge in [-0.1, -0.05) is 0 Å². The van der Waals surface area contributed by atoms with Gasteiger partial charge in [0.05, 0.1) is 12.7 Å². The van der Waals surface area contributed by atoms with Crippen LogP contribution in [-0.4, -0.2) is 22.6 Å². The summed E-state index contributed by atoms with van der Waals surface area (Å²) in [7, 11) is 3.05. The van der Waals surface area contributed by atoms with Crippen molar-refractivity contribution in [1.29, 1.82) is 0 Å². The van der Waals surface area contributed by atoms with Gasteiger partial charge in [-0.2, -0.15) is 0 Å². The molecule has 0 amide bonds. The van der Waals surface area contributed by atoms with E-state index >= 15 is 0 Å². The van der Waals surface area contributed by atoms with Crippen molar-refractivity contribution in [3.8, 4) is 11.4 Å². The van der Waals surface area contributed by atoms with Crippen LogP contribution >= 0.6 is 0 Å². The van der Waals surface area contributed by atoms with Crippen molar-refractivity contribution >= 4 is 5.97 Å². The van der Waals surface area contributed by atoms with Gasteiger partial charge in [0, 0.05) is 25.0 Å². The van der Waals surface area contributed by atoms with Gasteiger partial charge in [-0.15, -0.1) is 0 Å². The maximum atomic E-state index is 13.4. The number of aryl methyl sites for hydroxylation is 1. The number of carbonyl (C=O) groups excluding carboxylic acids is 1. The van der Waals surface area contributed by atoms with Crippen molar-refractivity contribution in [2.75, 3.05) is 7.11 Å². The standard InChI is InChI=1S/C12H11FN2O2/c1-15-4-3-14-11(15)8-5-9(12(16)17-2)7-10(13)6-8/h3-7H,1-2H3. The zero-order valence-corrected chi connectivity index (χ0v) is 9.48. The Morgan fingerprint density at radius 1 is 1.41 bits per heavy atom. The zero-order chi connectivity index (χ0) is 12.4. The van der Waals surface area contributed by atoms with E-state index in [1.54, 1.807) is 30.1 Å². The smallest absolute Gasteiger partial charge is 0.337 e. The molecule has 0 fully saturated rings. The minimum Gasteiger partial charge on any atom is -0.465 e. The Labute approximate surface area is 97.7 Å². The zero-order valence-electron chi connectivity index (χ0n) is 9.48. The summed E-state index contributed by atoms with van der Waals surface area (Å²) in [5.74, 6) is -0.472.